The second kappa shape index (κ2) is 6.33. The van der Waals surface area contributed by atoms with Crippen molar-refractivity contribution in [3.8, 4) is 11.3 Å². The van der Waals surface area contributed by atoms with Crippen molar-refractivity contribution >= 4 is 29.0 Å². The van der Waals surface area contributed by atoms with Crippen molar-refractivity contribution < 1.29 is 9.90 Å². The van der Waals surface area contributed by atoms with Crippen LogP contribution in [0.15, 0.2) is 48.5 Å². The Bertz CT molecular complexity index is 871. The Hall–Kier alpha value is -3.48. The lowest BCUT2D eigenvalue weighted by atomic mass is 10.1. The molecule has 0 bridgehead atoms. The van der Waals surface area contributed by atoms with Crippen molar-refractivity contribution in [2.45, 2.75) is 6.92 Å². The highest BCUT2D eigenvalue weighted by Crippen LogP contribution is 2.26. The van der Waals surface area contributed by atoms with Crippen molar-refractivity contribution in [2.75, 3.05) is 16.4 Å². The lowest BCUT2D eigenvalue weighted by molar-refractivity contribution is 0.210. The Kier molecular flexibility index (Phi) is 4.07. The molecule has 0 saturated carbocycles. The van der Waals surface area contributed by atoms with Gasteiger partial charge in [-0.05, 0) is 48.4 Å². The molecule has 0 unspecified atom stereocenters. The van der Waals surface area contributed by atoms with Crippen LogP contribution in [0.2, 0.25) is 0 Å². The predicted octanol–water partition coefficient (Wildman–Crippen LogP) is 3.80. The first-order chi connectivity index (χ1) is 11.5. The number of nitrogens with zero attached hydrogens (tertiary/aromatic N) is 1. The van der Waals surface area contributed by atoms with Crippen LogP contribution in [0.4, 0.5) is 27.7 Å². The maximum absolute atomic E-state index is 10.7. The SMILES string of the molecule is Cc1cc(NC(=O)O)ccc1Nc1cc(-c2ccc(N)cc2)[nH]n1. The number of hydrogen-bond acceptors (Lipinski definition) is 4. The van der Waals surface area contributed by atoms with Gasteiger partial charge in [0.05, 0.1) is 5.69 Å². The van der Waals surface area contributed by atoms with Crippen molar-refractivity contribution in [2.24, 2.45) is 0 Å². The molecule has 3 aromatic rings. The smallest absolute Gasteiger partial charge is 0.409 e. The summed E-state index contributed by atoms with van der Waals surface area (Å²) in [7, 11) is 0. The Morgan fingerprint density at radius 2 is 1.92 bits per heavy atom. The van der Waals surface area contributed by atoms with E-state index in [1.807, 2.05) is 37.3 Å². The highest BCUT2D eigenvalue weighted by molar-refractivity contribution is 5.83. The number of H-pyrrole nitrogens is 1. The molecular formula is C17H17N5O2. The fourth-order valence-corrected chi connectivity index (χ4v) is 2.34. The van der Waals surface area contributed by atoms with Gasteiger partial charge in [-0.3, -0.25) is 10.4 Å². The average molecular weight is 323 g/mol. The van der Waals surface area contributed by atoms with Gasteiger partial charge < -0.3 is 16.2 Å². The molecule has 7 nitrogen and oxygen atoms in total. The number of nitrogen functional groups attached to an aromatic ring is 1. The van der Waals surface area contributed by atoms with Crippen LogP contribution in [0.3, 0.4) is 0 Å². The first kappa shape index (κ1) is 15.4. The fraction of sp³-hybridized carbons (Fsp3) is 0.0588. The number of aromatic amines is 1. The Morgan fingerprint density at radius 3 is 2.58 bits per heavy atom. The molecule has 1 aromatic heterocycles. The first-order valence-electron chi connectivity index (χ1n) is 7.30. The number of benzene rings is 2. The summed E-state index contributed by atoms with van der Waals surface area (Å²) < 4.78 is 0. The van der Waals surface area contributed by atoms with Crippen LogP contribution in [-0.4, -0.2) is 21.4 Å². The number of carbonyl (C=O) groups is 1. The number of nitrogens with two attached hydrogens (primary N) is 1. The zero-order valence-electron chi connectivity index (χ0n) is 13.0. The number of rotatable bonds is 4. The summed E-state index contributed by atoms with van der Waals surface area (Å²) in [6.45, 7) is 1.89. The monoisotopic (exact) mass is 323 g/mol. The molecule has 0 saturated heterocycles. The highest BCUT2D eigenvalue weighted by Gasteiger charge is 2.07. The van der Waals surface area contributed by atoms with E-state index in [1.165, 1.54) is 0 Å². The van der Waals surface area contributed by atoms with Gasteiger partial charge in [-0.1, -0.05) is 12.1 Å². The third kappa shape index (κ3) is 3.46. The molecule has 3 rings (SSSR count). The quantitative estimate of drug-likeness (QED) is 0.468. The predicted molar refractivity (Wildman–Crippen MR) is 94.5 cm³/mol. The minimum absolute atomic E-state index is 0.523. The van der Waals surface area contributed by atoms with Gasteiger partial charge in [-0.15, -0.1) is 0 Å². The highest BCUT2D eigenvalue weighted by atomic mass is 16.4. The molecule has 2 aromatic carbocycles. The number of amides is 1. The zero-order chi connectivity index (χ0) is 17.1. The van der Waals surface area contributed by atoms with Crippen LogP contribution in [0.5, 0.6) is 0 Å². The third-order valence-corrected chi connectivity index (χ3v) is 3.54. The number of nitrogens with one attached hydrogen (secondary N) is 3. The maximum atomic E-state index is 10.7. The second-order valence-electron chi connectivity index (χ2n) is 5.37. The molecule has 0 aliphatic rings. The molecule has 0 spiro atoms. The van der Waals surface area contributed by atoms with Crippen LogP contribution in [0, 0.1) is 6.92 Å². The van der Waals surface area contributed by atoms with Crippen molar-refractivity contribution in [1.29, 1.82) is 0 Å². The van der Waals surface area contributed by atoms with E-state index in [9.17, 15) is 4.79 Å². The van der Waals surface area contributed by atoms with E-state index in [4.69, 9.17) is 10.8 Å². The average Bonchev–Trinajstić information content (AvgIpc) is 2.99. The number of aryl methyl sites for hydroxylation is 1. The van der Waals surface area contributed by atoms with Gasteiger partial charge in [0.1, 0.15) is 0 Å². The van der Waals surface area contributed by atoms with E-state index in [0.717, 1.165) is 22.5 Å². The normalized spacial score (nSPS) is 10.4. The first-order valence-corrected chi connectivity index (χ1v) is 7.30. The van der Waals surface area contributed by atoms with E-state index < -0.39 is 6.09 Å². The van der Waals surface area contributed by atoms with Gasteiger partial charge in [0.2, 0.25) is 0 Å². The molecular weight excluding hydrogens is 306 g/mol. The number of anilines is 4. The Labute approximate surface area is 138 Å². The van der Waals surface area contributed by atoms with Crippen LogP contribution in [-0.2, 0) is 0 Å². The lowest BCUT2D eigenvalue weighted by Gasteiger charge is -2.09. The van der Waals surface area contributed by atoms with E-state index in [2.05, 4.69) is 20.8 Å². The van der Waals surface area contributed by atoms with Crippen LogP contribution in [0.25, 0.3) is 11.3 Å². The van der Waals surface area contributed by atoms with Crippen LogP contribution in [0.1, 0.15) is 5.56 Å². The summed E-state index contributed by atoms with van der Waals surface area (Å²) in [6, 6.07) is 14.7. The molecule has 0 aliphatic carbocycles. The van der Waals surface area contributed by atoms with E-state index in [-0.39, 0.29) is 0 Å². The number of carboxylic acid groups (broad SMARTS) is 1. The largest absolute Gasteiger partial charge is 0.465 e. The van der Waals surface area contributed by atoms with Crippen molar-refractivity contribution in [3.05, 3.63) is 54.1 Å². The maximum Gasteiger partial charge on any atom is 0.409 e. The molecule has 24 heavy (non-hydrogen) atoms. The molecule has 0 fully saturated rings. The fourth-order valence-electron chi connectivity index (χ4n) is 2.34. The van der Waals surface area contributed by atoms with Gasteiger partial charge in [-0.25, -0.2) is 4.79 Å². The second-order valence-corrected chi connectivity index (χ2v) is 5.37. The van der Waals surface area contributed by atoms with Crippen LogP contribution < -0.4 is 16.4 Å². The minimum Gasteiger partial charge on any atom is -0.465 e. The standard InChI is InChI=1S/C17H17N5O2/c1-10-8-13(19-17(23)24)6-7-14(10)20-16-9-15(21-22-16)11-2-4-12(18)5-3-11/h2-9,19H,18H2,1H3,(H,23,24)(H2,20,21,22). The van der Waals surface area contributed by atoms with E-state index in [0.29, 0.717) is 17.2 Å². The molecule has 0 aliphatic heterocycles. The molecule has 1 heterocycles. The molecule has 6 N–H and O–H groups in total. The number of hydrogen-bond donors (Lipinski definition) is 5. The summed E-state index contributed by atoms with van der Waals surface area (Å²) in [5.41, 5.74) is 10.5. The van der Waals surface area contributed by atoms with Crippen LogP contribution >= 0.6 is 0 Å². The summed E-state index contributed by atoms with van der Waals surface area (Å²) in [6.07, 6.45) is -1.09. The molecule has 122 valence electrons. The summed E-state index contributed by atoms with van der Waals surface area (Å²) in [5, 5.41) is 21.5. The van der Waals surface area contributed by atoms with Gasteiger partial charge in [0, 0.05) is 23.1 Å². The summed E-state index contributed by atoms with van der Waals surface area (Å²) in [4.78, 5) is 10.7. The van der Waals surface area contributed by atoms with Gasteiger partial charge in [-0.2, -0.15) is 5.10 Å². The van der Waals surface area contributed by atoms with Gasteiger partial charge in [0.25, 0.3) is 0 Å². The molecule has 0 radical (unpaired) electrons. The van der Waals surface area contributed by atoms with E-state index >= 15 is 0 Å². The third-order valence-electron chi connectivity index (χ3n) is 3.54. The van der Waals surface area contributed by atoms with Gasteiger partial charge >= 0.3 is 6.09 Å². The van der Waals surface area contributed by atoms with Crippen molar-refractivity contribution in [1.82, 2.24) is 10.2 Å². The minimum atomic E-state index is -1.09. The number of aromatic nitrogens is 2. The topological polar surface area (TPSA) is 116 Å². The Morgan fingerprint density at radius 1 is 1.17 bits per heavy atom. The van der Waals surface area contributed by atoms with E-state index in [1.54, 1.807) is 18.2 Å². The summed E-state index contributed by atoms with van der Waals surface area (Å²) >= 11 is 0. The Balaban J connectivity index is 1.77. The summed E-state index contributed by atoms with van der Waals surface area (Å²) in [5.74, 6) is 0.670. The molecule has 7 heteroatoms. The van der Waals surface area contributed by atoms with Gasteiger partial charge in [0.15, 0.2) is 5.82 Å². The molecule has 1 amide bonds. The zero-order valence-corrected chi connectivity index (χ0v) is 13.0. The molecule has 0 atom stereocenters. The lowest BCUT2D eigenvalue weighted by Crippen LogP contribution is -2.07. The van der Waals surface area contributed by atoms with Crippen molar-refractivity contribution in [3.63, 3.8) is 0 Å².